The number of nitrogens with one attached hydrogen (secondary N) is 2. The molecule has 3 N–H and O–H groups in total. The normalized spacial score (nSPS) is 18.2. The molecule has 2 aliphatic rings. The minimum atomic E-state index is -0.671. The molecular formula is C22H21N3O5. The average Bonchev–Trinajstić information content (AvgIpc) is 3.09. The first-order valence-electron chi connectivity index (χ1n) is 9.71. The number of imide groups is 1. The molecule has 2 aliphatic heterocycles. The van der Waals surface area contributed by atoms with Gasteiger partial charge in [0, 0.05) is 30.6 Å². The van der Waals surface area contributed by atoms with E-state index in [4.69, 9.17) is 5.11 Å². The van der Waals surface area contributed by atoms with E-state index in [1.807, 2.05) is 6.07 Å². The van der Waals surface area contributed by atoms with Crippen molar-refractivity contribution in [1.29, 1.82) is 0 Å². The second-order valence-corrected chi connectivity index (χ2v) is 7.38. The van der Waals surface area contributed by atoms with Crippen LogP contribution in [-0.4, -0.2) is 39.7 Å². The molecule has 2 aromatic carbocycles. The van der Waals surface area contributed by atoms with Crippen LogP contribution in [0.4, 0.5) is 0 Å². The van der Waals surface area contributed by atoms with Gasteiger partial charge < -0.3 is 15.3 Å². The highest BCUT2D eigenvalue weighted by molar-refractivity contribution is 6.05. The Morgan fingerprint density at radius 3 is 2.60 bits per heavy atom. The first-order valence-corrected chi connectivity index (χ1v) is 9.71. The van der Waals surface area contributed by atoms with Crippen molar-refractivity contribution in [3.8, 4) is 0 Å². The lowest BCUT2D eigenvalue weighted by Gasteiger charge is -2.29. The molecule has 0 saturated carbocycles. The summed E-state index contributed by atoms with van der Waals surface area (Å²) in [6.45, 7) is 0.410. The number of hydrogen-bond acceptors (Lipinski definition) is 5. The number of amides is 4. The fraction of sp³-hybridized carbons (Fsp3) is 0.273. The minimum absolute atomic E-state index is 0.0875. The number of hydrogen-bond donors (Lipinski definition) is 3. The van der Waals surface area contributed by atoms with Gasteiger partial charge in [-0.3, -0.25) is 24.5 Å². The number of benzene rings is 2. The highest BCUT2D eigenvalue weighted by Crippen LogP contribution is 2.29. The Kier molecular flexibility index (Phi) is 5.33. The van der Waals surface area contributed by atoms with Crippen molar-refractivity contribution >= 4 is 23.6 Å². The van der Waals surface area contributed by atoms with E-state index >= 15 is 0 Å². The van der Waals surface area contributed by atoms with Crippen LogP contribution in [0, 0.1) is 0 Å². The Morgan fingerprint density at radius 2 is 1.90 bits per heavy atom. The van der Waals surface area contributed by atoms with E-state index in [1.54, 1.807) is 36.4 Å². The summed E-state index contributed by atoms with van der Waals surface area (Å²) < 4.78 is 0. The maximum atomic E-state index is 12.8. The van der Waals surface area contributed by atoms with Crippen molar-refractivity contribution in [2.75, 3.05) is 0 Å². The quantitative estimate of drug-likeness (QED) is 0.636. The smallest absolute Gasteiger partial charge is 0.255 e. The number of fused-ring (bicyclic) bond motifs is 1. The minimum Gasteiger partial charge on any atom is -0.392 e. The monoisotopic (exact) mass is 407 g/mol. The van der Waals surface area contributed by atoms with E-state index in [0.717, 1.165) is 16.7 Å². The Balaban J connectivity index is 1.48. The van der Waals surface area contributed by atoms with E-state index in [1.165, 1.54) is 4.90 Å². The lowest BCUT2D eigenvalue weighted by Crippen LogP contribution is -2.52. The van der Waals surface area contributed by atoms with Crippen molar-refractivity contribution in [1.82, 2.24) is 15.5 Å². The number of rotatable bonds is 5. The summed E-state index contributed by atoms with van der Waals surface area (Å²) in [5.41, 5.74) is 3.29. The Labute approximate surface area is 172 Å². The molecule has 0 aliphatic carbocycles. The SMILES string of the molecule is O=C1CCC(N2Cc3c(CNC(=O)c4ccc(CO)cc4)cccc3C2=O)C(=O)N1. The van der Waals surface area contributed by atoms with Crippen molar-refractivity contribution in [2.45, 2.75) is 38.6 Å². The van der Waals surface area contributed by atoms with E-state index in [2.05, 4.69) is 10.6 Å². The zero-order valence-corrected chi connectivity index (χ0v) is 16.2. The van der Waals surface area contributed by atoms with E-state index < -0.39 is 11.9 Å². The molecule has 1 unspecified atom stereocenters. The summed E-state index contributed by atoms with van der Waals surface area (Å²) in [6, 6.07) is 11.3. The fourth-order valence-corrected chi connectivity index (χ4v) is 3.85. The van der Waals surface area contributed by atoms with Gasteiger partial charge in [0.15, 0.2) is 0 Å². The van der Waals surface area contributed by atoms with Crippen molar-refractivity contribution in [2.24, 2.45) is 0 Å². The molecule has 1 atom stereocenters. The van der Waals surface area contributed by atoms with Gasteiger partial charge in [-0.1, -0.05) is 24.3 Å². The van der Waals surface area contributed by atoms with Gasteiger partial charge in [-0.2, -0.15) is 0 Å². The number of aliphatic hydroxyl groups excluding tert-OH is 1. The molecule has 30 heavy (non-hydrogen) atoms. The molecule has 4 rings (SSSR count). The van der Waals surface area contributed by atoms with Gasteiger partial charge in [0.05, 0.1) is 6.61 Å². The van der Waals surface area contributed by atoms with Crippen LogP contribution in [0.15, 0.2) is 42.5 Å². The summed E-state index contributed by atoms with van der Waals surface area (Å²) in [6.07, 6.45) is 0.509. The number of carbonyl (C=O) groups is 4. The number of carbonyl (C=O) groups excluding carboxylic acids is 4. The van der Waals surface area contributed by atoms with Gasteiger partial charge in [0.2, 0.25) is 11.8 Å². The molecular weight excluding hydrogens is 386 g/mol. The lowest BCUT2D eigenvalue weighted by atomic mass is 10.0. The van der Waals surface area contributed by atoms with Gasteiger partial charge >= 0.3 is 0 Å². The van der Waals surface area contributed by atoms with Crippen LogP contribution in [0.1, 0.15) is 50.2 Å². The molecule has 154 valence electrons. The van der Waals surface area contributed by atoms with Crippen LogP contribution in [0.3, 0.4) is 0 Å². The molecule has 0 aromatic heterocycles. The van der Waals surface area contributed by atoms with Gasteiger partial charge in [0.25, 0.3) is 11.8 Å². The van der Waals surface area contributed by atoms with Gasteiger partial charge in [-0.05, 0) is 41.3 Å². The topological polar surface area (TPSA) is 116 Å². The summed E-state index contributed by atoms with van der Waals surface area (Å²) in [7, 11) is 0. The summed E-state index contributed by atoms with van der Waals surface area (Å²) in [5, 5.41) is 14.2. The van der Waals surface area contributed by atoms with Crippen LogP contribution in [-0.2, 0) is 29.3 Å². The molecule has 1 saturated heterocycles. The van der Waals surface area contributed by atoms with E-state index in [-0.39, 0.29) is 43.8 Å². The van der Waals surface area contributed by atoms with E-state index in [9.17, 15) is 19.2 Å². The number of piperidine rings is 1. The van der Waals surface area contributed by atoms with Crippen LogP contribution in [0.2, 0.25) is 0 Å². The van der Waals surface area contributed by atoms with Crippen molar-refractivity contribution < 1.29 is 24.3 Å². The zero-order valence-electron chi connectivity index (χ0n) is 16.2. The summed E-state index contributed by atoms with van der Waals surface area (Å²) in [5.74, 6) is -1.28. The van der Waals surface area contributed by atoms with E-state index in [0.29, 0.717) is 17.5 Å². The maximum Gasteiger partial charge on any atom is 0.255 e. The second-order valence-electron chi connectivity index (χ2n) is 7.38. The largest absolute Gasteiger partial charge is 0.392 e. The van der Waals surface area contributed by atoms with Crippen LogP contribution >= 0.6 is 0 Å². The fourth-order valence-electron chi connectivity index (χ4n) is 3.85. The van der Waals surface area contributed by atoms with Gasteiger partial charge in [-0.25, -0.2) is 0 Å². The summed E-state index contributed by atoms with van der Waals surface area (Å²) in [4.78, 5) is 50.4. The van der Waals surface area contributed by atoms with Crippen LogP contribution in [0.5, 0.6) is 0 Å². The lowest BCUT2D eigenvalue weighted by molar-refractivity contribution is -0.136. The molecule has 8 heteroatoms. The first-order chi connectivity index (χ1) is 14.5. The first kappa shape index (κ1) is 19.8. The number of nitrogens with zero attached hydrogens (tertiary/aromatic N) is 1. The standard InChI is InChI=1S/C22H21N3O5/c26-12-13-4-6-14(7-5-13)20(28)23-10-15-2-1-3-16-17(15)11-25(22(16)30)18-8-9-19(27)24-21(18)29/h1-7,18,26H,8-12H2,(H,23,28)(H,24,27,29). The highest BCUT2D eigenvalue weighted by atomic mass is 16.3. The molecule has 4 amide bonds. The molecule has 2 heterocycles. The molecule has 1 fully saturated rings. The predicted molar refractivity (Wildman–Crippen MR) is 106 cm³/mol. The highest BCUT2D eigenvalue weighted by Gasteiger charge is 2.39. The molecule has 0 radical (unpaired) electrons. The summed E-state index contributed by atoms with van der Waals surface area (Å²) >= 11 is 0. The Hall–Kier alpha value is -3.52. The third kappa shape index (κ3) is 3.69. The zero-order chi connectivity index (χ0) is 21.3. The molecule has 8 nitrogen and oxygen atoms in total. The Bertz CT molecular complexity index is 1030. The molecule has 0 bridgehead atoms. The van der Waals surface area contributed by atoms with Crippen LogP contribution < -0.4 is 10.6 Å². The van der Waals surface area contributed by atoms with Crippen molar-refractivity contribution in [3.63, 3.8) is 0 Å². The van der Waals surface area contributed by atoms with Crippen molar-refractivity contribution in [3.05, 3.63) is 70.3 Å². The molecule has 2 aromatic rings. The third-order valence-electron chi connectivity index (χ3n) is 5.52. The van der Waals surface area contributed by atoms with Gasteiger partial charge in [0.1, 0.15) is 6.04 Å². The van der Waals surface area contributed by atoms with Gasteiger partial charge in [-0.15, -0.1) is 0 Å². The Morgan fingerprint density at radius 1 is 1.13 bits per heavy atom. The predicted octanol–water partition coefficient (Wildman–Crippen LogP) is 0.870. The third-order valence-corrected chi connectivity index (χ3v) is 5.52. The average molecular weight is 407 g/mol. The maximum absolute atomic E-state index is 12.8. The van der Waals surface area contributed by atoms with Crippen LogP contribution in [0.25, 0.3) is 0 Å². The number of aliphatic hydroxyl groups is 1. The molecule has 0 spiro atoms. The second kappa shape index (κ2) is 8.08.